The van der Waals surface area contributed by atoms with Crippen LogP contribution in [0.15, 0.2) is 201 Å². The minimum atomic E-state index is -4.64. The van der Waals surface area contributed by atoms with Crippen LogP contribution in [-0.2, 0) is 18.5 Å². The van der Waals surface area contributed by atoms with Gasteiger partial charge in [0.2, 0.25) is 11.8 Å². The zero-order chi connectivity index (χ0) is 73.6. The maximum atomic E-state index is 13.0. The highest BCUT2D eigenvalue weighted by molar-refractivity contribution is 6.32. The van der Waals surface area contributed by atoms with E-state index in [0.29, 0.717) is 85.0 Å². The summed E-state index contributed by atoms with van der Waals surface area (Å²) in [6, 6.07) is 42.1. The lowest BCUT2D eigenvalue weighted by Crippen LogP contribution is -2.19. The van der Waals surface area contributed by atoms with Gasteiger partial charge in [-0.2, -0.15) is 39.5 Å². The van der Waals surface area contributed by atoms with E-state index in [1.54, 1.807) is 134 Å². The van der Waals surface area contributed by atoms with E-state index >= 15 is 0 Å². The van der Waals surface area contributed by atoms with Crippen molar-refractivity contribution in [2.45, 2.75) is 25.5 Å². The van der Waals surface area contributed by atoms with Gasteiger partial charge in [0.1, 0.15) is 41.1 Å². The number of carbonyl (C=O) groups excluding carboxylic acids is 3. The number of nitrogens with one attached hydrogen (secondary N) is 6. The summed E-state index contributed by atoms with van der Waals surface area (Å²) in [7, 11) is 1.50. The second-order valence-corrected chi connectivity index (χ2v) is 22.6. The Hall–Kier alpha value is -12.0. The Morgan fingerprint density at radius 3 is 1.00 bits per heavy atom. The molecule has 103 heavy (non-hydrogen) atoms. The number of aliphatic hydroxyl groups excluding tert-OH is 1. The number of aromatic nitrogens is 6. The Labute approximate surface area is 591 Å². The highest BCUT2D eigenvalue weighted by atomic mass is 35.5. The third kappa shape index (κ3) is 20.8. The number of methoxy groups -OCH3 is 1. The van der Waals surface area contributed by atoms with Crippen LogP contribution < -0.4 is 55.6 Å². The van der Waals surface area contributed by atoms with Crippen molar-refractivity contribution in [1.29, 1.82) is 0 Å². The molecule has 12 rings (SSSR count). The van der Waals surface area contributed by atoms with Crippen LogP contribution in [0.2, 0.25) is 15.1 Å². The second kappa shape index (κ2) is 32.6. The molecule has 0 atom stereocenters. The number of nitrogens with zero attached hydrogens (tertiary/aromatic N) is 6. The normalized spacial score (nSPS) is 11.3. The molecule has 7 N–H and O–H groups in total. The molecule has 3 aromatic heterocycles. The number of rotatable bonds is 16. The van der Waals surface area contributed by atoms with Crippen LogP contribution in [0.25, 0.3) is 33.1 Å². The van der Waals surface area contributed by atoms with E-state index in [-0.39, 0.29) is 36.2 Å². The number of fused-ring (bicyclic) bond motifs is 3. The molecule has 0 bridgehead atoms. The minimum absolute atomic E-state index is 0.0428. The minimum Gasteiger partial charge on any atom is -0.480 e. The Morgan fingerprint density at radius 1 is 0.379 bits per heavy atom. The van der Waals surface area contributed by atoms with Crippen molar-refractivity contribution in [2.75, 3.05) is 52.2 Å². The number of benzene rings is 9. The molecule has 3 heterocycles. The average Bonchev–Trinajstić information content (AvgIpc) is 0.851. The van der Waals surface area contributed by atoms with E-state index < -0.39 is 68.4 Å². The molecule has 0 aliphatic heterocycles. The number of ether oxygens (including phenoxy) is 5. The van der Waals surface area contributed by atoms with Crippen LogP contribution in [-0.4, -0.2) is 73.4 Å². The quantitative estimate of drug-likeness (QED) is 0.0443. The lowest BCUT2D eigenvalue weighted by atomic mass is 10.2. The maximum Gasteiger partial charge on any atom is 0.417 e. The first-order valence-corrected chi connectivity index (χ1v) is 31.0. The van der Waals surface area contributed by atoms with Gasteiger partial charge in [-0.1, -0.05) is 34.8 Å². The molecule has 0 fully saturated rings. The summed E-state index contributed by atoms with van der Waals surface area (Å²) < 4.78 is 145. The number of hydrogen-bond donors (Lipinski definition) is 7. The summed E-state index contributed by atoms with van der Waals surface area (Å²) in [6.07, 6.45) is -9.24. The fraction of sp³-hybridized carbons (Fsp3) is 0.100. The molecule has 9 aromatic carbocycles. The van der Waals surface area contributed by atoms with Gasteiger partial charge in [-0.3, -0.25) is 4.98 Å². The smallest absolute Gasteiger partial charge is 0.417 e. The SMILES string of the molecule is COc1cnc2ccc(Oc3ccc(NC(=O)Nc4ccc(Cl)c(C(F)(F)F)c4)cc3)cc2n1.Cc1cnc2ccc(Oc3ccc(NC(=O)Nc4ccc(Cl)c(C(F)(F)F)c4)cc3)cc2n1.O=C(Nc1ccc(Oc2ccc3ncc(OCCO)nc3c2)cc1)Nc1ccc(Cl)c(C(F)(F)F)c1. The van der Waals surface area contributed by atoms with Crippen molar-refractivity contribution < 1.29 is 82.7 Å². The van der Waals surface area contributed by atoms with E-state index in [2.05, 4.69) is 61.8 Å². The molecule has 0 aliphatic rings. The molecule has 0 radical (unpaired) electrons. The second-order valence-electron chi connectivity index (χ2n) is 21.3. The zero-order valence-corrected chi connectivity index (χ0v) is 55.2. The van der Waals surface area contributed by atoms with Crippen molar-refractivity contribution in [3.8, 4) is 46.3 Å². The van der Waals surface area contributed by atoms with Crippen molar-refractivity contribution in [3.05, 3.63) is 238 Å². The molecule has 0 saturated heterocycles. The first-order valence-electron chi connectivity index (χ1n) is 29.8. The van der Waals surface area contributed by atoms with Gasteiger partial charge in [0, 0.05) is 58.5 Å². The molecule has 0 spiro atoms. The topological polar surface area (TPSA) is 267 Å². The summed E-state index contributed by atoms with van der Waals surface area (Å²) in [4.78, 5) is 62.4. The van der Waals surface area contributed by atoms with Crippen molar-refractivity contribution in [1.82, 2.24) is 29.9 Å². The maximum absolute atomic E-state index is 13.0. The fourth-order valence-corrected chi connectivity index (χ4v) is 9.78. The number of carbonyl (C=O) groups is 3. The molecule has 33 heteroatoms. The standard InChI is InChI=1S/C24H18ClF3N4O4.C23H16ClF3N4O3.C23H16ClF3N4O2/c25-19-7-3-15(11-18(19)24(26,27)28)31-23(34)30-14-1-4-16(5-2-14)36-17-6-8-20-21(12-17)32-22(13-29-20)35-10-9-33;1-33-21-12-28-19-9-7-16(11-20(19)31-21)34-15-5-2-13(3-6-15)29-22(32)30-14-4-8-18(24)17(10-14)23(25,26)27;1-13-12-28-20-9-7-17(11-21(20)29-13)33-16-5-2-14(3-6-16)30-22(32)31-15-4-8-19(24)18(10-15)23(25,26)27/h1-8,11-13,33H,9-10H2,(H2,30,31,34);2-12H,1H3,(H2,29,30,32);2-12H,1H3,(H2,30,31,32). The predicted molar refractivity (Wildman–Crippen MR) is 369 cm³/mol. The Balaban J connectivity index is 0.000000166. The number of halogens is 12. The van der Waals surface area contributed by atoms with E-state index in [1.165, 1.54) is 37.7 Å². The third-order valence-electron chi connectivity index (χ3n) is 13.8. The molecule has 0 saturated carbocycles. The highest BCUT2D eigenvalue weighted by Crippen LogP contribution is 2.40. The number of hydrogen-bond acceptors (Lipinski definition) is 15. The van der Waals surface area contributed by atoms with Crippen LogP contribution in [0.1, 0.15) is 22.4 Å². The summed E-state index contributed by atoms with van der Waals surface area (Å²) in [5.41, 5.74) is 2.65. The van der Waals surface area contributed by atoms with Gasteiger partial charge in [0.15, 0.2) is 0 Å². The van der Waals surface area contributed by atoms with E-state index in [1.807, 2.05) is 6.92 Å². The Bertz CT molecular complexity index is 5050. The lowest BCUT2D eigenvalue weighted by molar-refractivity contribution is -0.138. The number of urea groups is 3. The zero-order valence-electron chi connectivity index (χ0n) is 52.9. The number of aryl methyl sites for hydroxylation is 1. The van der Waals surface area contributed by atoms with Gasteiger partial charge in [-0.15, -0.1) is 0 Å². The molecule has 0 unspecified atom stereocenters. The number of alkyl halides is 9. The number of amides is 6. The van der Waals surface area contributed by atoms with Gasteiger partial charge in [-0.05, 0) is 171 Å². The molecule has 0 aliphatic carbocycles. The first-order chi connectivity index (χ1) is 49.1. The summed E-state index contributed by atoms with van der Waals surface area (Å²) in [5, 5.41) is 22.2. The van der Waals surface area contributed by atoms with Gasteiger partial charge in [-0.25, -0.2) is 39.3 Å². The van der Waals surface area contributed by atoms with Crippen molar-refractivity contribution >= 4 is 120 Å². The average molecular weight is 1480 g/mol. The molecular formula is C70H50Cl3F9N12O9. The fourth-order valence-electron chi connectivity index (χ4n) is 9.11. The van der Waals surface area contributed by atoms with Gasteiger partial charge in [0.25, 0.3) is 0 Å². The number of aliphatic hydroxyl groups is 1. The van der Waals surface area contributed by atoms with Crippen LogP contribution in [0.4, 0.5) is 88.0 Å². The van der Waals surface area contributed by atoms with Gasteiger partial charge >= 0.3 is 36.6 Å². The summed E-state index contributed by atoms with van der Waals surface area (Å²) >= 11 is 16.8. The van der Waals surface area contributed by atoms with E-state index in [9.17, 15) is 53.9 Å². The van der Waals surface area contributed by atoms with Crippen LogP contribution in [0.5, 0.6) is 46.3 Å². The molecular weight excluding hydrogens is 1430 g/mol. The largest absolute Gasteiger partial charge is 0.480 e. The van der Waals surface area contributed by atoms with Crippen LogP contribution in [0.3, 0.4) is 0 Å². The lowest BCUT2D eigenvalue weighted by Gasteiger charge is -2.12. The van der Waals surface area contributed by atoms with E-state index in [0.717, 1.165) is 47.6 Å². The molecule has 12 aromatic rings. The highest BCUT2D eigenvalue weighted by Gasteiger charge is 2.35. The summed E-state index contributed by atoms with van der Waals surface area (Å²) in [5.74, 6) is 3.72. The van der Waals surface area contributed by atoms with Gasteiger partial charge in [0.05, 0.1) is 96.7 Å². The van der Waals surface area contributed by atoms with Crippen molar-refractivity contribution in [3.63, 3.8) is 0 Å². The Morgan fingerprint density at radius 2 is 0.670 bits per heavy atom. The monoisotopic (exact) mass is 1480 g/mol. The van der Waals surface area contributed by atoms with Crippen LogP contribution >= 0.6 is 34.8 Å². The molecule has 21 nitrogen and oxygen atoms in total. The van der Waals surface area contributed by atoms with E-state index in [4.69, 9.17) is 63.6 Å². The molecule has 528 valence electrons. The first kappa shape index (κ1) is 73.7. The predicted octanol–water partition coefficient (Wildman–Crippen LogP) is 19.9. The van der Waals surface area contributed by atoms with Gasteiger partial charge < -0.3 is 60.7 Å². The van der Waals surface area contributed by atoms with Crippen LogP contribution in [0, 0.1) is 6.92 Å². The molecule has 6 amide bonds. The van der Waals surface area contributed by atoms with Crippen molar-refractivity contribution in [2.24, 2.45) is 0 Å². The summed E-state index contributed by atoms with van der Waals surface area (Å²) in [6.45, 7) is 1.81. The number of anilines is 6. The third-order valence-corrected chi connectivity index (χ3v) is 14.8. The Kier molecular flexibility index (Phi) is 23.3.